The van der Waals surface area contributed by atoms with Crippen LogP contribution in [0.25, 0.3) is 21.8 Å². The van der Waals surface area contributed by atoms with Crippen molar-refractivity contribution in [2.45, 2.75) is 25.8 Å². The number of fused-ring (bicyclic) bond motifs is 3. The quantitative estimate of drug-likeness (QED) is 0.305. The van der Waals surface area contributed by atoms with E-state index in [4.69, 9.17) is 4.74 Å². The van der Waals surface area contributed by atoms with Crippen molar-refractivity contribution in [3.63, 3.8) is 0 Å². The summed E-state index contributed by atoms with van der Waals surface area (Å²) in [6, 6.07) is 19.0. The normalized spacial score (nSPS) is 11.0. The molecule has 6 heteroatoms. The van der Waals surface area contributed by atoms with Gasteiger partial charge in [0.2, 0.25) is 5.88 Å². The van der Waals surface area contributed by atoms with E-state index in [1.165, 1.54) is 21.8 Å². The summed E-state index contributed by atoms with van der Waals surface area (Å²) < 4.78 is 9.86. The zero-order valence-corrected chi connectivity index (χ0v) is 18.8. The summed E-state index contributed by atoms with van der Waals surface area (Å²) in [5, 5.41) is 2.57. The van der Waals surface area contributed by atoms with Crippen molar-refractivity contribution in [3.05, 3.63) is 69.2 Å². The molecule has 146 valence electrons. The standard InChI is InChI=1S/C22H20Br2N2O.H2O/c1-27-22-7-4-6-17(25-22)5-2-3-12-26-20-10-8-15(23)13-18(20)19-14-16(24)9-11-21(19)26;/h4,6-11,13-14H,2-3,5,12H2,1H3;1H2. The highest BCUT2D eigenvalue weighted by atomic mass is 79.9. The van der Waals surface area contributed by atoms with Crippen molar-refractivity contribution >= 4 is 53.7 Å². The molecule has 0 atom stereocenters. The van der Waals surface area contributed by atoms with Gasteiger partial charge in [0, 0.05) is 49.1 Å². The average molecular weight is 506 g/mol. The van der Waals surface area contributed by atoms with Crippen LogP contribution in [0.5, 0.6) is 5.88 Å². The number of hydrogen-bond donors (Lipinski definition) is 0. The molecule has 2 N–H and O–H groups in total. The van der Waals surface area contributed by atoms with Crippen molar-refractivity contribution in [2.24, 2.45) is 0 Å². The monoisotopic (exact) mass is 504 g/mol. The lowest BCUT2D eigenvalue weighted by Crippen LogP contribution is -1.99. The Morgan fingerprint density at radius 1 is 0.893 bits per heavy atom. The van der Waals surface area contributed by atoms with Crippen LogP contribution in [-0.4, -0.2) is 22.1 Å². The summed E-state index contributed by atoms with van der Waals surface area (Å²) in [7, 11) is 1.66. The fraction of sp³-hybridized carbons (Fsp3) is 0.227. The van der Waals surface area contributed by atoms with Crippen LogP contribution in [0.1, 0.15) is 18.5 Å². The number of ether oxygens (including phenoxy) is 1. The molecular formula is C22H22Br2N2O2. The first-order valence-electron chi connectivity index (χ1n) is 9.02. The zero-order chi connectivity index (χ0) is 18.8. The van der Waals surface area contributed by atoms with Gasteiger partial charge in [-0.2, -0.15) is 0 Å². The number of hydrogen-bond acceptors (Lipinski definition) is 2. The molecule has 4 aromatic rings. The van der Waals surface area contributed by atoms with E-state index in [0.29, 0.717) is 5.88 Å². The molecule has 0 saturated heterocycles. The second-order valence-corrected chi connectivity index (χ2v) is 8.43. The van der Waals surface area contributed by atoms with E-state index in [1.807, 2.05) is 12.1 Å². The third-order valence-electron chi connectivity index (χ3n) is 4.84. The Bertz CT molecular complexity index is 1050. The lowest BCUT2D eigenvalue weighted by atomic mass is 10.2. The molecule has 0 fully saturated rings. The number of methoxy groups -OCH3 is 1. The number of unbranched alkanes of at least 4 members (excludes halogenated alkanes) is 1. The first-order valence-corrected chi connectivity index (χ1v) is 10.6. The first-order chi connectivity index (χ1) is 13.2. The van der Waals surface area contributed by atoms with E-state index < -0.39 is 0 Å². The number of benzene rings is 2. The van der Waals surface area contributed by atoms with Crippen LogP contribution in [0.3, 0.4) is 0 Å². The fourth-order valence-electron chi connectivity index (χ4n) is 3.58. The number of aryl methyl sites for hydroxylation is 2. The van der Waals surface area contributed by atoms with Crippen molar-refractivity contribution in [2.75, 3.05) is 7.11 Å². The summed E-state index contributed by atoms with van der Waals surface area (Å²) >= 11 is 7.22. The Hall–Kier alpha value is -1.89. The number of rotatable bonds is 6. The maximum absolute atomic E-state index is 5.21. The molecule has 2 aromatic carbocycles. The second-order valence-electron chi connectivity index (χ2n) is 6.60. The molecule has 0 aliphatic heterocycles. The Morgan fingerprint density at radius 2 is 1.54 bits per heavy atom. The number of aromatic nitrogens is 2. The average Bonchev–Trinajstić information content (AvgIpc) is 2.97. The van der Waals surface area contributed by atoms with Gasteiger partial charge in [0.1, 0.15) is 0 Å². The van der Waals surface area contributed by atoms with Gasteiger partial charge in [-0.15, -0.1) is 0 Å². The second kappa shape index (κ2) is 9.07. The molecule has 0 saturated carbocycles. The molecule has 0 amide bonds. The minimum absolute atomic E-state index is 0. The van der Waals surface area contributed by atoms with E-state index in [0.717, 1.165) is 40.4 Å². The van der Waals surface area contributed by atoms with Crippen molar-refractivity contribution in [1.29, 1.82) is 0 Å². The van der Waals surface area contributed by atoms with Gasteiger partial charge in [-0.3, -0.25) is 0 Å². The topological polar surface area (TPSA) is 58.5 Å². The summed E-state index contributed by atoms with van der Waals surface area (Å²) in [4.78, 5) is 4.51. The van der Waals surface area contributed by atoms with Crippen LogP contribution < -0.4 is 4.74 Å². The SMILES string of the molecule is COc1cccc(CCCCn2c3ccc(Br)cc3c3cc(Br)ccc32)n1.O. The van der Waals surface area contributed by atoms with Gasteiger partial charge < -0.3 is 14.8 Å². The lowest BCUT2D eigenvalue weighted by Gasteiger charge is -2.08. The molecule has 0 aliphatic rings. The number of pyridine rings is 1. The van der Waals surface area contributed by atoms with Crippen LogP contribution in [0, 0.1) is 0 Å². The van der Waals surface area contributed by atoms with Crippen molar-refractivity contribution in [1.82, 2.24) is 9.55 Å². The van der Waals surface area contributed by atoms with Gasteiger partial charge in [-0.1, -0.05) is 37.9 Å². The zero-order valence-electron chi connectivity index (χ0n) is 15.6. The van der Waals surface area contributed by atoms with Gasteiger partial charge in [0.05, 0.1) is 7.11 Å². The molecule has 2 aromatic heterocycles. The first kappa shape index (κ1) is 20.8. The highest BCUT2D eigenvalue weighted by molar-refractivity contribution is 9.10. The van der Waals surface area contributed by atoms with E-state index in [-0.39, 0.29) is 5.48 Å². The molecule has 4 rings (SSSR count). The fourth-order valence-corrected chi connectivity index (χ4v) is 4.30. The minimum Gasteiger partial charge on any atom is -0.481 e. The smallest absolute Gasteiger partial charge is 0.213 e. The molecule has 28 heavy (non-hydrogen) atoms. The van der Waals surface area contributed by atoms with Gasteiger partial charge >= 0.3 is 0 Å². The van der Waals surface area contributed by atoms with Crippen LogP contribution in [-0.2, 0) is 13.0 Å². The Morgan fingerprint density at radius 3 is 2.14 bits per heavy atom. The Kier molecular flexibility index (Phi) is 6.75. The van der Waals surface area contributed by atoms with E-state index in [2.05, 4.69) is 83.9 Å². The third-order valence-corrected chi connectivity index (χ3v) is 5.83. The Balaban J connectivity index is 0.00000225. The van der Waals surface area contributed by atoms with Crippen LogP contribution >= 0.6 is 31.9 Å². The van der Waals surface area contributed by atoms with Gasteiger partial charge in [-0.25, -0.2) is 4.98 Å². The van der Waals surface area contributed by atoms with Crippen LogP contribution in [0.15, 0.2) is 63.5 Å². The van der Waals surface area contributed by atoms with Crippen molar-refractivity contribution in [3.8, 4) is 5.88 Å². The molecule has 0 aliphatic carbocycles. The summed E-state index contributed by atoms with van der Waals surface area (Å²) in [6.45, 7) is 0.993. The molecule has 0 radical (unpaired) electrons. The predicted octanol–water partition coefficient (Wildman–Crippen LogP) is 5.92. The molecule has 0 bridgehead atoms. The summed E-state index contributed by atoms with van der Waals surface area (Å²) in [5.74, 6) is 0.686. The van der Waals surface area contributed by atoms with Crippen molar-refractivity contribution < 1.29 is 10.2 Å². The van der Waals surface area contributed by atoms with Crippen LogP contribution in [0.4, 0.5) is 0 Å². The lowest BCUT2D eigenvalue weighted by molar-refractivity contribution is 0.396. The summed E-state index contributed by atoms with van der Waals surface area (Å²) in [6.07, 6.45) is 3.16. The largest absolute Gasteiger partial charge is 0.481 e. The minimum atomic E-state index is 0. The third kappa shape index (κ3) is 4.24. The number of halogens is 2. The molecule has 0 unspecified atom stereocenters. The van der Waals surface area contributed by atoms with E-state index >= 15 is 0 Å². The van der Waals surface area contributed by atoms with E-state index in [9.17, 15) is 0 Å². The highest BCUT2D eigenvalue weighted by Crippen LogP contribution is 2.33. The Labute approximate surface area is 181 Å². The van der Waals surface area contributed by atoms with Gasteiger partial charge in [0.25, 0.3) is 0 Å². The number of nitrogens with zero attached hydrogens (tertiary/aromatic N) is 2. The summed E-state index contributed by atoms with van der Waals surface area (Å²) in [5.41, 5.74) is 3.65. The molecule has 2 heterocycles. The van der Waals surface area contributed by atoms with Gasteiger partial charge in [-0.05, 0) is 61.7 Å². The molecular weight excluding hydrogens is 484 g/mol. The molecule has 4 nitrogen and oxygen atoms in total. The molecule has 0 spiro atoms. The van der Waals surface area contributed by atoms with Gasteiger partial charge in [0.15, 0.2) is 0 Å². The van der Waals surface area contributed by atoms with E-state index in [1.54, 1.807) is 7.11 Å². The highest BCUT2D eigenvalue weighted by Gasteiger charge is 2.11. The van der Waals surface area contributed by atoms with Crippen LogP contribution in [0.2, 0.25) is 0 Å². The maximum Gasteiger partial charge on any atom is 0.213 e. The predicted molar refractivity (Wildman–Crippen MR) is 122 cm³/mol. The maximum atomic E-state index is 5.21.